The second kappa shape index (κ2) is 5.66. The van der Waals surface area contributed by atoms with Crippen LogP contribution in [0.5, 0.6) is 0 Å². The van der Waals surface area contributed by atoms with E-state index in [2.05, 4.69) is 22.9 Å². The van der Waals surface area contributed by atoms with Crippen LogP contribution in [0.3, 0.4) is 0 Å². The Morgan fingerprint density at radius 1 is 1.83 bits per heavy atom. The summed E-state index contributed by atoms with van der Waals surface area (Å²) in [6.45, 7) is 3.18. The molecule has 0 aliphatic heterocycles. The van der Waals surface area contributed by atoms with Crippen LogP contribution in [0.15, 0.2) is 12.7 Å². The van der Waals surface area contributed by atoms with Crippen molar-refractivity contribution in [2.75, 3.05) is 0 Å². The maximum absolute atomic E-state index is 9.64. The van der Waals surface area contributed by atoms with Crippen LogP contribution < -0.4 is 0 Å². The minimum absolute atomic E-state index is 0. The first kappa shape index (κ1) is 9.82. The minimum atomic E-state index is -0.106. The number of allylic oxidation sites excluding steroid dienone is 1. The fraction of sp³-hybridized carbons (Fsp3) is 0. The Morgan fingerprint density at radius 2 is 2.00 bits per heavy atom. The van der Waals surface area contributed by atoms with Crippen LogP contribution in [0, 0.1) is 0 Å². The summed E-state index contributed by atoms with van der Waals surface area (Å²) in [6.07, 6.45) is 1.22. The van der Waals surface area contributed by atoms with Gasteiger partial charge in [0.25, 0.3) is 0 Å². The van der Waals surface area contributed by atoms with Gasteiger partial charge < -0.3 is 0 Å². The molecule has 0 rings (SSSR count). The van der Waals surface area contributed by atoms with E-state index in [4.69, 9.17) is 0 Å². The van der Waals surface area contributed by atoms with Gasteiger partial charge in [0.05, 0.1) is 0 Å². The first-order valence-corrected chi connectivity index (χ1v) is 1.74. The second-order valence-corrected chi connectivity index (χ2v) is 1.15. The zero-order chi connectivity index (χ0) is 4.28. The predicted octanol–water partition coefficient (Wildman–Crippen LogP) is 0.243. The van der Waals surface area contributed by atoms with E-state index in [1.165, 1.54) is 6.08 Å². The summed E-state index contributed by atoms with van der Waals surface area (Å²) >= 11 is 2.23. The van der Waals surface area contributed by atoms with Crippen molar-refractivity contribution in [2.45, 2.75) is 0 Å². The molecule has 0 unspecified atom stereocenters. The maximum atomic E-state index is 9.64. The molecule has 31 valence electrons. The van der Waals surface area contributed by atoms with Crippen LogP contribution in [0.4, 0.5) is 0 Å². The van der Waals surface area contributed by atoms with Gasteiger partial charge in [0.15, 0.2) is 0 Å². The summed E-state index contributed by atoms with van der Waals surface area (Å²) in [5, 5.41) is 0. The van der Waals surface area contributed by atoms with Crippen LogP contribution in [0.25, 0.3) is 0 Å². The van der Waals surface area contributed by atoms with Gasteiger partial charge in [0.2, 0.25) is 0 Å². The monoisotopic (exact) mass is 155 g/mol. The Hall–Kier alpha value is 0.657. The molecule has 0 aromatic carbocycles. The quantitative estimate of drug-likeness (QED) is 0.391. The fourth-order valence-electron chi connectivity index (χ4n) is 0. The van der Waals surface area contributed by atoms with Crippen molar-refractivity contribution in [3.63, 3.8) is 0 Å². The molecule has 0 aromatic rings. The normalized spacial score (nSPS) is 5.33. The molecule has 0 aromatic heterocycles. The molecule has 0 bridgehead atoms. The molecule has 0 aliphatic carbocycles. The molecule has 0 spiro atoms. The Bertz CT molecular complexity index is 61.8. The minimum Gasteiger partial charge on any atom is 0 e. The molecule has 0 saturated carbocycles. The van der Waals surface area contributed by atoms with Crippen molar-refractivity contribution in [1.29, 1.82) is 0 Å². The summed E-state index contributed by atoms with van der Waals surface area (Å²) < 4.78 is -0.106. The maximum Gasteiger partial charge on any atom is 0 e. The van der Waals surface area contributed by atoms with Gasteiger partial charge in [0, 0.05) is 21.7 Å². The summed E-state index contributed by atoms with van der Waals surface area (Å²) in [6, 6.07) is 0. The van der Waals surface area contributed by atoms with Crippen molar-refractivity contribution in [1.82, 2.24) is 0 Å². The van der Waals surface area contributed by atoms with E-state index < -0.39 is 0 Å². The number of rotatable bonds is 1. The van der Waals surface area contributed by atoms with Crippen molar-refractivity contribution in [3.05, 3.63) is 12.7 Å². The van der Waals surface area contributed by atoms with E-state index >= 15 is 0 Å². The van der Waals surface area contributed by atoms with E-state index in [9.17, 15) is 4.79 Å². The summed E-state index contributed by atoms with van der Waals surface area (Å²) in [5.74, 6) is 0. The molecule has 0 heterocycles. The van der Waals surface area contributed by atoms with E-state index in [1.807, 2.05) is 0 Å². The van der Waals surface area contributed by atoms with Gasteiger partial charge in [-0.1, -0.05) is 0 Å². The molecule has 0 saturated heterocycles. The van der Waals surface area contributed by atoms with Gasteiger partial charge in [-0.05, 0) is 0 Å². The average Bonchev–Trinajstić information content (AvgIpc) is 1.38. The Kier molecular flexibility index (Phi) is 9.26. The van der Waals surface area contributed by atoms with Gasteiger partial charge >= 0.3 is 38.4 Å². The third-order valence-corrected chi connectivity index (χ3v) is 0.427. The van der Waals surface area contributed by atoms with E-state index in [0.717, 1.165) is 0 Å². The smallest absolute Gasteiger partial charge is 0 e. The zero-order valence-electron chi connectivity index (χ0n) is 3.10. The summed E-state index contributed by atoms with van der Waals surface area (Å²) in [7, 11) is 0. The molecule has 6 heavy (non-hydrogen) atoms. The van der Waals surface area contributed by atoms with Gasteiger partial charge in [-0.25, -0.2) is 0 Å². The van der Waals surface area contributed by atoms with Crippen molar-refractivity contribution in [2.24, 2.45) is 0 Å². The largest absolute Gasteiger partial charge is 0 e. The molecule has 0 aliphatic rings. The third kappa shape index (κ3) is 8.82. The van der Waals surface area contributed by atoms with E-state index in [1.54, 1.807) is 0 Å². The van der Waals surface area contributed by atoms with Crippen molar-refractivity contribution >= 4 is 4.65 Å². The summed E-state index contributed by atoms with van der Waals surface area (Å²) in [5.41, 5.74) is 0. The fourth-order valence-corrected chi connectivity index (χ4v) is 0. The number of carbonyl (C=O) groups is 1. The van der Waals surface area contributed by atoms with Gasteiger partial charge in [-0.15, -0.1) is 0 Å². The van der Waals surface area contributed by atoms with E-state index in [0.29, 0.717) is 0 Å². The van der Waals surface area contributed by atoms with Gasteiger partial charge in [-0.2, -0.15) is 0 Å². The molecule has 0 N–H and O–H groups in total. The Morgan fingerprint density at radius 3 is 2.00 bits per heavy atom. The first-order chi connectivity index (χ1) is 2.27. The van der Waals surface area contributed by atoms with Crippen molar-refractivity contribution in [3.8, 4) is 0 Å². The molecule has 0 amide bonds. The van der Waals surface area contributed by atoms with Crippen LogP contribution in [-0.2, 0) is 42.8 Å². The molecule has 1 nitrogen and oxygen atoms in total. The summed E-state index contributed by atoms with van der Waals surface area (Å²) in [4.78, 5) is 9.64. The standard InChI is InChI=1S/C3H3O.Cr.Ti/c1-2-3-4;;/h2H,1H2;;. The molecule has 3 heteroatoms. The SMILES string of the molecule is C=C[C](=O)[Cr].[Ti]. The zero-order valence-corrected chi connectivity index (χ0v) is 5.94. The van der Waals surface area contributed by atoms with Crippen LogP contribution in [0.2, 0.25) is 0 Å². The topological polar surface area (TPSA) is 17.1 Å². The molecule has 0 atom stereocenters. The number of hydrogen-bond acceptors (Lipinski definition) is 1. The van der Waals surface area contributed by atoms with E-state index in [-0.39, 0.29) is 26.4 Å². The van der Waals surface area contributed by atoms with Crippen molar-refractivity contribution < 1.29 is 42.8 Å². The average molecular weight is 155 g/mol. The van der Waals surface area contributed by atoms with Gasteiger partial charge in [-0.3, -0.25) is 0 Å². The molecule has 0 fully saturated rings. The Balaban J connectivity index is 0. The molecular formula is C3H3CrOTi. The van der Waals surface area contributed by atoms with Crippen LogP contribution in [0.1, 0.15) is 0 Å². The number of hydrogen-bond donors (Lipinski definition) is 0. The molecule has 0 radical (unpaired) electrons. The first-order valence-electron chi connectivity index (χ1n) is 1.11. The van der Waals surface area contributed by atoms with Crippen LogP contribution in [-0.4, -0.2) is 4.65 Å². The van der Waals surface area contributed by atoms with Gasteiger partial charge in [0.1, 0.15) is 0 Å². The third-order valence-electron chi connectivity index (χ3n) is 0.167. The Labute approximate surface area is 60.1 Å². The predicted molar refractivity (Wildman–Crippen MR) is 15.2 cm³/mol. The van der Waals surface area contributed by atoms with Crippen LogP contribution >= 0.6 is 0 Å². The number of carbonyl (C=O) groups excluding carboxylic acids is 1. The second-order valence-electron chi connectivity index (χ2n) is 0.523. The molecular weight excluding hydrogens is 152 g/mol.